The SMILES string of the molecule is CCNc1ncnc(NC(C)c2ccc(C)o2)c1[N+](=O)[O-]. The van der Waals surface area contributed by atoms with E-state index in [0.717, 1.165) is 5.76 Å². The van der Waals surface area contributed by atoms with Crippen molar-refractivity contribution in [1.29, 1.82) is 0 Å². The minimum atomic E-state index is -0.500. The van der Waals surface area contributed by atoms with E-state index in [1.807, 2.05) is 32.9 Å². The molecule has 8 heteroatoms. The van der Waals surface area contributed by atoms with Crippen molar-refractivity contribution in [3.05, 3.63) is 40.1 Å². The molecule has 0 saturated heterocycles. The molecule has 2 N–H and O–H groups in total. The molecule has 1 atom stereocenters. The minimum absolute atomic E-state index is 0.160. The Kier molecular flexibility index (Phi) is 4.36. The van der Waals surface area contributed by atoms with Crippen LogP contribution < -0.4 is 10.6 Å². The minimum Gasteiger partial charge on any atom is -0.464 e. The van der Waals surface area contributed by atoms with E-state index >= 15 is 0 Å². The molecule has 21 heavy (non-hydrogen) atoms. The van der Waals surface area contributed by atoms with Gasteiger partial charge in [0, 0.05) is 6.54 Å². The fourth-order valence-electron chi connectivity index (χ4n) is 1.92. The number of rotatable bonds is 6. The fourth-order valence-corrected chi connectivity index (χ4v) is 1.92. The lowest BCUT2D eigenvalue weighted by Gasteiger charge is -2.13. The number of hydrogen-bond donors (Lipinski definition) is 2. The Balaban J connectivity index is 2.30. The van der Waals surface area contributed by atoms with Gasteiger partial charge in [-0.15, -0.1) is 0 Å². The number of nitrogens with zero attached hydrogens (tertiary/aromatic N) is 3. The number of nitro groups is 1. The van der Waals surface area contributed by atoms with Crippen molar-refractivity contribution >= 4 is 17.3 Å². The second-order valence-electron chi connectivity index (χ2n) is 4.52. The summed E-state index contributed by atoms with van der Waals surface area (Å²) in [5, 5.41) is 17.1. The maximum Gasteiger partial charge on any atom is 0.353 e. The van der Waals surface area contributed by atoms with Crippen LogP contribution in [-0.2, 0) is 0 Å². The quantitative estimate of drug-likeness (QED) is 0.622. The van der Waals surface area contributed by atoms with Crippen molar-refractivity contribution in [2.75, 3.05) is 17.2 Å². The van der Waals surface area contributed by atoms with E-state index < -0.39 is 4.92 Å². The third-order valence-electron chi connectivity index (χ3n) is 2.89. The summed E-state index contributed by atoms with van der Waals surface area (Å²) in [6.45, 7) is 6.06. The van der Waals surface area contributed by atoms with Crippen LogP contribution in [0.2, 0.25) is 0 Å². The first-order chi connectivity index (χ1) is 10.0. The van der Waals surface area contributed by atoms with Crippen LogP contribution in [0.5, 0.6) is 0 Å². The Morgan fingerprint density at radius 2 is 2.10 bits per heavy atom. The van der Waals surface area contributed by atoms with Gasteiger partial charge in [0.1, 0.15) is 17.8 Å². The molecule has 0 spiro atoms. The van der Waals surface area contributed by atoms with Crippen molar-refractivity contribution in [1.82, 2.24) is 9.97 Å². The summed E-state index contributed by atoms with van der Waals surface area (Å²) < 4.78 is 5.50. The second-order valence-corrected chi connectivity index (χ2v) is 4.52. The molecule has 0 aromatic carbocycles. The van der Waals surface area contributed by atoms with Crippen LogP contribution in [0.25, 0.3) is 0 Å². The van der Waals surface area contributed by atoms with Gasteiger partial charge in [0.2, 0.25) is 11.6 Å². The lowest BCUT2D eigenvalue weighted by Crippen LogP contribution is -2.12. The van der Waals surface area contributed by atoms with E-state index in [4.69, 9.17) is 4.42 Å². The van der Waals surface area contributed by atoms with Gasteiger partial charge in [-0.1, -0.05) is 0 Å². The topological polar surface area (TPSA) is 106 Å². The van der Waals surface area contributed by atoms with Gasteiger partial charge in [-0.05, 0) is 32.9 Å². The van der Waals surface area contributed by atoms with E-state index in [1.54, 1.807) is 0 Å². The summed E-state index contributed by atoms with van der Waals surface area (Å²) in [6.07, 6.45) is 1.29. The molecule has 0 bridgehead atoms. The van der Waals surface area contributed by atoms with Crippen molar-refractivity contribution in [2.24, 2.45) is 0 Å². The van der Waals surface area contributed by atoms with Gasteiger partial charge in [0.25, 0.3) is 0 Å². The van der Waals surface area contributed by atoms with Crippen molar-refractivity contribution in [3.63, 3.8) is 0 Å². The molecule has 0 radical (unpaired) electrons. The number of furan rings is 1. The number of aryl methyl sites for hydroxylation is 1. The molecule has 0 saturated carbocycles. The van der Waals surface area contributed by atoms with Crippen LogP contribution in [0.15, 0.2) is 22.9 Å². The highest BCUT2D eigenvalue weighted by atomic mass is 16.6. The van der Waals surface area contributed by atoms with Crippen LogP contribution in [0, 0.1) is 17.0 Å². The molecule has 2 heterocycles. The van der Waals surface area contributed by atoms with Gasteiger partial charge in [0.05, 0.1) is 11.0 Å². The lowest BCUT2D eigenvalue weighted by molar-refractivity contribution is -0.383. The second kappa shape index (κ2) is 6.21. The predicted octanol–water partition coefficient (Wildman–Crippen LogP) is 2.89. The molecular formula is C13H17N5O3. The first kappa shape index (κ1) is 14.8. The molecule has 0 aliphatic rings. The van der Waals surface area contributed by atoms with Crippen molar-refractivity contribution < 1.29 is 9.34 Å². The van der Waals surface area contributed by atoms with Crippen LogP contribution >= 0.6 is 0 Å². The van der Waals surface area contributed by atoms with E-state index in [-0.39, 0.29) is 23.4 Å². The highest BCUT2D eigenvalue weighted by molar-refractivity contribution is 5.69. The summed E-state index contributed by atoms with van der Waals surface area (Å²) in [6, 6.07) is 3.42. The number of anilines is 2. The zero-order valence-corrected chi connectivity index (χ0v) is 12.1. The molecule has 0 fully saturated rings. The van der Waals surface area contributed by atoms with E-state index in [2.05, 4.69) is 20.6 Å². The zero-order valence-electron chi connectivity index (χ0n) is 12.1. The molecule has 112 valence electrons. The van der Waals surface area contributed by atoms with Gasteiger partial charge >= 0.3 is 5.69 Å². The maximum atomic E-state index is 11.3. The lowest BCUT2D eigenvalue weighted by atomic mass is 10.2. The zero-order chi connectivity index (χ0) is 15.4. The van der Waals surface area contributed by atoms with Gasteiger partial charge in [-0.3, -0.25) is 10.1 Å². The fraction of sp³-hybridized carbons (Fsp3) is 0.385. The molecule has 2 rings (SSSR count). The third kappa shape index (κ3) is 3.28. The average Bonchev–Trinajstić information content (AvgIpc) is 2.86. The molecule has 0 amide bonds. The van der Waals surface area contributed by atoms with Crippen molar-refractivity contribution in [2.45, 2.75) is 26.8 Å². The Morgan fingerprint density at radius 3 is 2.67 bits per heavy atom. The first-order valence-corrected chi connectivity index (χ1v) is 6.59. The van der Waals surface area contributed by atoms with E-state index in [1.165, 1.54) is 6.33 Å². The summed E-state index contributed by atoms with van der Waals surface area (Å²) in [7, 11) is 0. The Bertz CT molecular complexity index is 640. The smallest absolute Gasteiger partial charge is 0.353 e. The van der Waals surface area contributed by atoms with Crippen LogP contribution in [0.4, 0.5) is 17.3 Å². The first-order valence-electron chi connectivity index (χ1n) is 6.59. The van der Waals surface area contributed by atoms with Gasteiger partial charge in [-0.25, -0.2) is 9.97 Å². The highest BCUT2D eigenvalue weighted by Gasteiger charge is 2.24. The standard InChI is InChI=1S/C13H17N5O3/c1-4-14-12-11(18(19)20)13(16-7-15-12)17-9(3)10-6-5-8(2)21-10/h5-7,9H,4H2,1-3H3,(H2,14,15,16,17). The van der Waals surface area contributed by atoms with Crippen LogP contribution in [0.3, 0.4) is 0 Å². The number of nitrogens with one attached hydrogen (secondary N) is 2. The molecular weight excluding hydrogens is 274 g/mol. The summed E-state index contributed by atoms with van der Waals surface area (Å²) >= 11 is 0. The molecule has 2 aromatic heterocycles. The van der Waals surface area contributed by atoms with Crippen molar-refractivity contribution in [3.8, 4) is 0 Å². The Hall–Kier alpha value is -2.64. The molecule has 0 aliphatic carbocycles. The van der Waals surface area contributed by atoms with Crippen LogP contribution in [0.1, 0.15) is 31.4 Å². The Labute approximate surface area is 121 Å². The highest BCUT2D eigenvalue weighted by Crippen LogP contribution is 2.31. The van der Waals surface area contributed by atoms with Gasteiger partial charge in [0.15, 0.2) is 0 Å². The van der Waals surface area contributed by atoms with Gasteiger partial charge < -0.3 is 15.1 Å². The average molecular weight is 291 g/mol. The maximum absolute atomic E-state index is 11.3. The number of hydrogen-bond acceptors (Lipinski definition) is 7. The Morgan fingerprint density at radius 1 is 1.38 bits per heavy atom. The summed E-state index contributed by atoms with van der Waals surface area (Å²) in [5.41, 5.74) is -0.172. The molecule has 2 aromatic rings. The van der Waals surface area contributed by atoms with Gasteiger partial charge in [-0.2, -0.15) is 0 Å². The molecule has 8 nitrogen and oxygen atoms in total. The third-order valence-corrected chi connectivity index (χ3v) is 2.89. The molecule has 1 unspecified atom stereocenters. The summed E-state index contributed by atoms with van der Waals surface area (Å²) in [5.74, 6) is 1.82. The molecule has 0 aliphatic heterocycles. The van der Waals surface area contributed by atoms with E-state index in [9.17, 15) is 10.1 Å². The summed E-state index contributed by atoms with van der Waals surface area (Å²) in [4.78, 5) is 18.6. The largest absolute Gasteiger partial charge is 0.464 e. The normalized spacial score (nSPS) is 12.0. The van der Waals surface area contributed by atoms with E-state index in [0.29, 0.717) is 12.3 Å². The monoisotopic (exact) mass is 291 g/mol. The number of aromatic nitrogens is 2. The van der Waals surface area contributed by atoms with Crippen LogP contribution in [-0.4, -0.2) is 21.4 Å². The predicted molar refractivity (Wildman–Crippen MR) is 78.3 cm³/mol.